The van der Waals surface area contributed by atoms with Crippen molar-refractivity contribution in [3.05, 3.63) is 61.3 Å². The molecule has 0 radical (unpaired) electrons. The maximum atomic E-state index is 5.66. The van der Waals surface area contributed by atoms with Gasteiger partial charge in [0.15, 0.2) is 0 Å². The maximum absolute atomic E-state index is 5.66. The van der Waals surface area contributed by atoms with E-state index in [2.05, 4.69) is 18.1 Å². The molecular formula is C15H15NO. The number of pyridine rings is 1. The minimum Gasteiger partial charge on any atom is -0.489 e. The largest absolute Gasteiger partial charge is 0.489 e. The van der Waals surface area contributed by atoms with Crippen LogP contribution in [0.1, 0.15) is 5.69 Å². The number of para-hydroxylation sites is 1. The van der Waals surface area contributed by atoms with Crippen molar-refractivity contribution in [2.75, 3.05) is 6.61 Å². The van der Waals surface area contributed by atoms with Gasteiger partial charge in [-0.2, -0.15) is 0 Å². The second-order valence-electron chi connectivity index (χ2n) is 3.72. The van der Waals surface area contributed by atoms with E-state index < -0.39 is 0 Å². The molecular weight excluding hydrogens is 210 g/mol. The zero-order chi connectivity index (χ0) is 12.1. The highest BCUT2D eigenvalue weighted by atomic mass is 16.5. The number of hydrogen-bond acceptors (Lipinski definition) is 2. The first-order valence-electron chi connectivity index (χ1n) is 5.58. The molecule has 0 aliphatic heterocycles. The van der Waals surface area contributed by atoms with E-state index >= 15 is 0 Å². The van der Waals surface area contributed by atoms with Crippen molar-refractivity contribution >= 4 is 10.9 Å². The smallest absolute Gasteiger partial charge is 0.131 e. The summed E-state index contributed by atoms with van der Waals surface area (Å²) in [7, 11) is 0. The summed E-state index contributed by atoms with van der Waals surface area (Å²) in [5, 5.41) is 1.03. The Morgan fingerprint density at radius 1 is 1.18 bits per heavy atom. The average Bonchev–Trinajstić information content (AvgIpc) is 2.36. The number of ether oxygens (including phenoxy) is 1. The average molecular weight is 225 g/mol. The van der Waals surface area contributed by atoms with Gasteiger partial charge >= 0.3 is 0 Å². The van der Waals surface area contributed by atoms with Crippen LogP contribution in [0, 0.1) is 0 Å². The maximum Gasteiger partial charge on any atom is 0.131 e. The summed E-state index contributed by atoms with van der Waals surface area (Å²) in [4.78, 5) is 4.56. The Kier molecular flexibility index (Phi) is 3.55. The van der Waals surface area contributed by atoms with Crippen LogP contribution in [-0.4, -0.2) is 11.6 Å². The highest BCUT2D eigenvalue weighted by Gasteiger charge is 2.05. The van der Waals surface area contributed by atoms with Crippen LogP contribution in [0.5, 0.6) is 5.75 Å². The highest BCUT2D eigenvalue weighted by molar-refractivity contribution is 5.85. The number of aromatic nitrogens is 1. The van der Waals surface area contributed by atoms with Gasteiger partial charge in [0.25, 0.3) is 0 Å². The van der Waals surface area contributed by atoms with Gasteiger partial charge in [-0.05, 0) is 12.1 Å². The lowest BCUT2D eigenvalue weighted by atomic mass is 10.1. The van der Waals surface area contributed by atoms with Crippen molar-refractivity contribution in [2.24, 2.45) is 0 Å². The number of allylic oxidation sites excluding steroid dienone is 1. The molecule has 1 aromatic heterocycles. The Hall–Kier alpha value is -2.09. The van der Waals surface area contributed by atoms with Crippen LogP contribution in [-0.2, 0) is 6.42 Å². The number of hydrogen-bond donors (Lipinski definition) is 0. The molecule has 1 aromatic carbocycles. The molecule has 0 N–H and O–H groups in total. The molecule has 0 amide bonds. The monoisotopic (exact) mass is 225 g/mol. The van der Waals surface area contributed by atoms with Crippen molar-refractivity contribution in [3.63, 3.8) is 0 Å². The Morgan fingerprint density at radius 3 is 2.76 bits per heavy atom. The second-order valence-corrected chi connectivity index (χ2v) is 3.72. The number of nitrogens with zero attached hydrogens (tertiary/aromatic N) is 1. The minimum atomic E-state index is 0.502. The standard InChI is InChI=1S/C15H15NO/c1-3-7-12-11-15(17-10-4-2)13-8-5-6-9-14(13)16-12/h3-6,8-9,11H,1-2,7,10H2. The summed E-state index contributed by atoms with van der Waals surface area (Å²) in [6.45, 7) is 7.89. The lowest BCUT2D eigenvalue weighted by molar-refractivity contribution is 0.367. The van der Waals surface area contributed by atoms with Crippen LogP contribution >= 0.6 is 0 Å². The molecule has 0 unspecified atom stereocenters. The van der Waals surface area contributed by atoms with Crippen molar-refractivity contribution < 1.29 is 4.74 Å². The Bertz CT molecular complexity index is 546. The Labute approximate surface area is 101 Å². The zero-order valence-corrected chi connectivity index (χ0v) is 9.73. The second kappa shape index (κ2) is 5.30. The van der Waals surface area contributed by atoms with E-state index in [9.17, 15) is 0 Å². The van der Waals surface area contributed by atoms with E-state index in [0.717, 1.165) is 28.8 Å². The molecule has 86 valence electrons. The molecule has 0 saturated heterocycles. The first-order chi connectivity index (χ1) is 8.35. The molecule has 2 aromatic rings. The summed E-state index contributed by atoms with van der Waals surface area (Å²) in [6.07, 6.45) is 4.33. The predicted octanol–water partition coefficient (Wildman–Crippen LogP) is 3.53. The summed E-state index contributed by atoms with van der Waals surface area (Å²) >= 11 is 0. The summed E-state index contributed by atoms with van der Waals surface area (Å²) < 4.78 is 5.66. The van der Waals surface area contributed by atoms with E-state index in [4.69, 9.17) is 4.74 Å². The van der Waals surface area contributed by atoms with E-state index in [0.29, 0.717) is 6.61 Å². The van der Waals surface area contributed by atoms with Gasteiger partial charge < -0.3 is 4.74 Å². The SMILES string of the molecule is C=CCOc1cc(CC=C)nc2ccccc12. The first kappa shape index (κ1) is 11.4. The van der Waals surface area contributed by atoms with Crippen LogP contribution in [0.4, 0.5) is 0 Å². The quantitative estimate of drug-likeness (QED) is 0.726. The van der Waals surface area contributed by atoms with Crippen molar-refractivity contribution in [1.29, 1.82) is 0 Å². The molecule has 2 nitrogen and oxygen atoms in total. The normalized spacial score (nSPS) is 10.1. The number of fused-ring (bicyclic) bond motifs is 1. The van der Waals surface area contributed by atoms with Crippen LogP contribution < -0.4 is 4.74 Å². The van der Waals surface area contributed by atoms with Crippen LogP contribution in [0.2, 0.25) is 0 Å². The van der Waals surface area contributed by atoms with Gasteiger partial charge in [0, 0.05) is 23.6 Å². The van der Waals surface area contributed by atoms with E-state index in [1.54, 1.807) is 6.08 Å². The van der Waals surface area contributed by atoms with Gasteiger partial charge in [0.1, 0.15) is 12.4 Å². The Morgan fingerprint density at radius 2 is 2.00 bits per heavy atom. The van der Waals surface area contributed by atoms with Crippen LogP contribution in [0.15, 0.2) is 55.6 Å². The molecule has 17 heavy (non-hydrogen) atoms. The fraction of sp³-hybridized carbons (Fsp3) is 0.133. The topological polar surface area (TPSA) is 22.1 Å². The molecule has 0 atom stereocenters. The van der Waals surface area contributed by atoms with Crippen molar-refractivity contribution in [2.45, 2.75) is 6.42 Å². The van der Waals surface area contributed by atoms with Crippen molar-refractivity contribution in [1.82, 2.24) is 4.98 Å². The molecule has 0 aliphatic carbocycles. The lowest BCUT2D eigenvalue weighted by Crippen LogP contribution is -1.97. The van der Waals surface area contributed by atoms with Gasteiger partial charge in [-0.15, -0.1) is 6.58 Å². The highest BCUT2D eigenvalue weighted by Crippen LogP contribution is 2.25. The van der Waals surface area contributed by atoms with E-state index in [1.165, 1.54) is 0 Å². The molecule has 0 fully saturated rings. The number of benzene rings is 1. The van der Waals surface area contributed by atoms with Crippen LogP contribution in [0.25, 0.3) is 10.9 Å². The van der Waals surface area contributed by atoms with Gasteiger partial charge in [0.05, 0.1) is 5.52 Å². The molecule has 2 heteroatoms. The molecule has 0 aliphatic rings. The molecule has 0 saturated carbocycles. The third-order valence-electron chi connectivity index (χ3n) is 2.44. The molecule has 2 rings (SSSR count). The van der Waals surface area contributed by atoms with E-state index in [-0.39, 0.29) is 0 Å². The van der Waals surface area contributed by atoms with Gasteiger partial charge in [-0.1, -0.05) is 30.9 Å². The fourth-order valence-electron chi connectivity index (χ4n) is 1.72. The van der Waals surface area contributed by atoms with Gasteiger partial charge in [-0.25, -0.2) is 0 Å². The zero-order valence-electron chi connectivity index (χ0n) is 9.73. The van der Waals surface area contributed by atoms with Crippen LogP contribution in [0.3, 0.4) is 0 Å². The third-order valence-corrected chi connectivity index (χ3v) is 2.44. The van der Waals surface area contributed by atoms with Gasteiger partial charge in [-0.3, -0.25) is 4.98 Å². The first-order valence-corrected chi connectivity index (χ1v) is 5.58. The van der Waals surface area contributed by atoms with E-state index in [1.807, 2.05) is 36.4 Å². The predicted molar refractivity (Wildman–Crippen MR) is 71.3 cm³/mol. The molecule has 0 spiro atoms. The number of rotatable bonds is 5. The Balaban J connectivity index is 2.51. The minimum absolute atomic E-state index is 0.502. The lowest BCUT2D eigenvalue weighted by Gasteiger charge is -2.09. The van der Waals surface area contributed by atoms with Gasteiger partial charge in [0.2, 0.25) is 0 Å². The summed E-state index contributed by atoms with van der Waals surface area (Å²) in [6, 6.07) is 9.93. The summed E-state index contributed by atoms with van der Waals surface area (Å²) in [5.41, 5.74) is 1.92. The van der Waals surface area contributed by atoms with Crippen molar-refractivity contribution in [3.8, 4) is 5.75 Å². The third kappa shape index (κ3) is 2.53. The fourth-order valence-corrected chi connectivity index (χ4v) is 1.72. The molecule has 0 bridgehead atoms. The molecule has 1 heterocycles. The summed E-state index contributed by atoms with van der Waals surface area (Å²) in [5.74, 6) is 0.854.